The van der Waals surface area contributed by atoms with Crippen LogP contribution < -0.4 is 4.90 Å². The molecule has 1 aliphatic rings. The summed E-state index contributed by atoms with van der Waals surface area (Å²) in [7, 11) is 1.62. The van der Waals surface area contributed by atoms with Gasteiger partial charge in [-0.15, -0.1) is 0 Å². The highest BCUT2D eigenvalue weighted by atomic mass is 16.5. The summed E-state index contributed by atoms with van der Waals surface area (Å²) in [5.74, 6) is 0.618. The molecule has 0 aromatic heterocycles. The highest BCUT2D eigenvalue weighted by molar-refractivity contribution is 6.30. The number of allylic oxidation sites excluding steroid dienone is 2. The third-order valence-electron chi connectivity index (χ3n) is 10.0. The van der Waals surface area contributed by atoms with E-state index in [0.717, 1.165) is 44.2 Å². The van der Waals surface area contributed by atoms with Gasteiger partial charge >= 0.3 is 0 Å². The molecule has 0 fully saturated rings. The first-order valence-electron chi connectivity index (χ1n) is 15.9. The van der Waals surface area contributed by atoms with Crippen LogP contribution in [0.1, 0.15) is 44.4 Å². The van der Waals surface area contributed by atoms with Crippen LogP contribution >= 0.6 is 0 Å². The minimum Gasteiger partial charge on any atom is -0.501 e. The van der Waals surface area contributed by atoms with Crippen LogP contribution in [0.2, 0.25) is 0 Å². The van der Waals surface area contributed by atoms with Gasteiger partial charge in [0.05, 0.1) is 18.4 Å². The van der Waals surface area contributed by atoms with Crippen molar-refractivity contribution in [2.75, 3.05) is 12.0 Å². The van der Waals surface area contributed by atoms with Gasteiger partial charge in [-0.3, -0.25) is 4.79 Å². The van der Waals surface area contributed by atoms with Crippen LogP contribution in [0, 0.1) is 0 Å². The molecule has 0 saturated carbocycles. The number of rotatable bonds is 6. The molecular formula is C43H35NO2. The first kappa shape index (κ1) is 28.1. The predicted molar refractivity (Wildman–Crippen MR) is 193 cm³/mol. The summed E-state index contributed by atoms with van der Waals surface area (Å²) in [5, 5.41) is 6.89. The number of methoxy groups -OCH3 is 1. The van der Waals surface area contributed by atoms with E-state index >= 15 is 0 Å². The van der Waals surface area contributed by atoms with Gasteiger partial charge in [0, 0.05) is 22.2 Å². The molecule has 0 spiro atoms. The Balaban J connectivity index is 1.40. The third kappa shape index (κ3) is 4.01. The molecule has 0 amide bonds. The highest BCUT2D eigenvalue weighted by Crippen LogP contribution is 2.51. The van der Waals surface area contributed by atoms with Gasteiger partial charge in [-0.25, -0.2) is 0 Å². The lowest BCUT2D eigenvalue weighted by atomic mass is 9.82. The van der Waals surface area contributed by atoms with E-state index in [9.17, 15) is 4.79 Å². The number of nitrogens with zero attached hydrogens (tertiary/aromatic N) is 1. The Bertz CT molecular complexity index is 2360. The number of benzene rings is 7. The third-order valence-corrected chi connectivity index (χ3v) is 10.0. The number of hydrogen-bond donors (Lipinski definition) is 0. The van der Waals surface area contributed by atoms with E-state index in [1.165, 1.54) is 33.0 Å². The standard InChI is InChI=1S/C43H35NO2/c1-26(45)40(27(2)46-5)34-20-15-28-17-22-36-39(24-18-29-16-21-35(34)41(28)42(29)36)44(30-11-7-6-8-12-30)31-19-23-33-32-13-9-10-14-37(32)43(3,4)38(33)25-31/h6-25H,1-5H3/b40-27+. The van der Waals surface area contributed by atoms with Crippen LogP contribution in [0.3, 0.4) is 0 Å². The van der Waals surface area contributed by atoms with Crippen LogP contribution in [0.25, 0.3) is 49.0 Å². The number of para-hydroxylation sites is 1. The Morgan fingerprint density at radius 3 is 2.00 bits per heavy atom. The molecule has 7 aromatic carbocycles. The Morgan fingerprint density at radius 2 is 1.26 bits per heavy atom. The second-order valence-corrected chi connectivity index (χ2v) is 12.9. The lowest BCUT2D eigenvalue weighted by Crippen LogP contribution is -2.16. The lowest BCUT2D eigenvalue weighted by molar-refractivity contribution is -0.111. The van der Waals surface area contributed by atoms with Crippen molar-refractivity contribution in [2.24, 2.45) is 0 Å². The van der Waals surface area contributed by atoms with E-state index in [1.807, 2.05) is 6.92 Å². The average molecular weight is 598 g/mol. The van der Waals surface area contributed by atoms with Gasteiger partial charge in [-0.05, 0) is 98.9 Å². The average Bonchev–Trinajstić information content (AvgIpc) is 3.31. The van der Waals surface area contributed by atoms with Gasteiger partial charge in [0.1, 0.15) is 5.76 Å². The summed E-state index contributed by atoms with van der Waals surface area (Å²) >= 11 is 0. The lowest BCUT2D eigenvalue weighted by Gasteiger charge is -2.29. The molecule has 3 heteroatoms. The fraction of sp³-hybridized carbons (Fsp3) is 0.140. The molecule has 8 rings (SSSR count). The molecule has 224 valence electrons. The van der Waals surface area contributed by atoms with Gasteiger partial charge in [-0.2, -0.15) is 0 Å². The second kappa shape index (κ2) is 10.3. The second-order valence-electron chi connectivity index (χ2n) is 12.9. The van der Waals surface area contributed by atoms with Gasteiger partial charge in [0.15, 0.2) is 5.78 Å². The largest absolute Gasteiger partial charge is 0.501 e. The Morgan fingerprint density at radius 1 is 0.630 bits per heavy atom. The normalized spacial score (nSPS) is 13.9. The van der Waals surface area contributed by atoms with Crippen LogP contribution in [-0.4, -0.2) is 12.9 Å². The molecule has 0 bridgehead atoms. The molecule has 0 radical (unpaired) electrons. The smallest absolute Gasteiger partial charge is 0.163 e. The number of hydrogen-bond acceptors (Lipinski definition) is 3. The first-order chi connectivity index (χ1) is 22.3. The molecule has 0 aliphatic heterocycles. The van der Waals surface area contributed by atoms with Crippen molar-refractivity contribution < 1.29 is 9.53 Å². The Hall–Kier alpha value is -5.41. The minimum atomic E-state index is -0.106. The number of anilines is 3. The summed E-state index contributed by atoms with van der Waals surface area (Å²) in [4.78, 5) is 15.3. The number of Topliss-reactive ketones (excluding diaryl/α,β-unsaturated/α-hetero) is 1. The van der Waals surface area contributed by atoms with Crippen molar-refractivity contribution in [3.63, 3.8) is 0 Å². The summed E-state index contributed by atoms with van der Waals surface area (Å²) in [6.07, 6.45) is 0. The van der Waals surface area contributed by atoms with E-state index in [-0.39, 0.29) is 11.2 Å². The molecular weight excluding hydrogens is 562 g/mol. The maximum atomic E-state index is 12.9. The van der Waals surface area contributed by atoms with Crippen molar-refractivity contribution in [2.45, 2.75) is 33.1 Å². The van der Waals surface area contributed by atoms with E-state index in [0.29, 0.717) is 11.3 Å². The van der Waals surface area contributed by atoms with E-state index in [4.69, 9.17) is 4.74 Å². The first-order valence-corrected chi connectivity index (χ1v) is 15.9. The van der Waals surface area contributed by atoms with Crippen LogP contribution in [-0.2, 0) is 14.9 Å². The molecule has 3 nitrogen and oxygen atoms in total. The maximum Gasteiger partial charge on any atom is 0.163 e. The maximum absolute atomic E-state index is 12.9. The van der Waals surface area contributed by atoms with Crippen molar-refractivity contribution in [1.82, 2.24) is 0 Å². The summed E-state index contributed by atoms with van der Waals surface area (Å²) in [6, 6.07) is 43.8. The molecule has 0 unspecified atom stereocenters. The van der Waals surface area contributed by atoms with Crippen LogP contribution in [0.15, 0.2) is 127 Å². The van der Waals surface area contributed by atoms with Gasteiger partial charge in [0.2, 0.25) is 0 Å². The molecule has 0 saturated heterocycles. The highest BCUT2D eigenvalue weighted by Gasteiger charge is 2.35. The van der Waals surface area contributed by atoms with Crippen LogP contribution in [0.5, 0.6) is 0 Å². The topological polar surface area (TPSA) is 29.5 Å². The van der Waals surface area contributed by atoms with E-state index in [2.05, 4.69) is 140 Å². The quantitative estimate of drug-likeness (QED) is 0.108. The molecule has 7 aromatic rings. The number of fused-ring (bicyclic) bond motifs is 3. The zero-order chi connectivity index (χ0) is 31.7. The van der Waals surface area contributed by atoms with E-state index < -0.39 is 0 Å². The molecule has 1 aliphatic carbocycles. The van der Waals surface area contributed by atoms with Gasteiger partial charge < -0.3 is 9.64 Å². The summed E-state index contributed by atoms with van der Waals surface area (Å²) in [6.45, 7) is 8.14. The number of ketones is 1. The summed E-state index contributed by atoms with van der Waals surface area (Å²) in [5.41, 5.74) is 10.1. The predicted octanol–water partition coefficient (Wildman–Crippen LogP) is 11.3. The molecule has 0 atom stereocenters. The fourth-order valence-corrected chi connectivity index (χ4v) is 7.76. The molecule has 0 heterocycles. The van der Waals surface area contributed by atoms with Crippen molar-refractivity contribution >= 4 is 60.7 Å². The minimum absolute atomic E-state index is 0.00740. The van der Waals surface area contributed by atoms with Crippen LogP contribution in [0.4, 0.5) is 17.1 Å². The van der Waals surface area contributed by atoms with Gasteiger partial charge in [0.25, 0.3) is 0 Å². The Kier molecular flexibility index (Phi) is 6.30. The van der Waals surface area contributed by atoms with Crippen molar-refractivity contribution in [1.29, 1.82) is 0 Å². The fourth-order valence-electron chi connectivity index (χ4n) is 7.76. The zero-order valence-electron chi connectivity index (χ0n) is 26.8. The van der Waals surface area contributed by atoms with Crippen molar-refractivity contribution in [3.05, 3.63) is 144 Å². The van der Waals surface area contributed by atoms with Gasteiger partial charge in [-0.1, -0.05) is 105 Å². The zero-order valence-corrected chi connectivity index (χ0v) is 26.8. The number of carbonyl (C=O) groups is 1. The van der Waals surface area contributed by atoms with Crippen molar-refractivity contribution in [3.8, 4) is 11.1 Å². The Labute approximate surface area is 269 Å². The molecule has 46 heavy (non-hydrogen) atoms. The molecule has 0 N–H and O–H groups in total. The monoisotopic (exact) mass is 597 g/mol. The SMILES string of the molecule is CO/C(C)=C(\C(C)=O)c1ccc2ccc3c(N(c4ccccc4)c4ccc5c(c4)C(C)(C)c4ccccc4-5)ccc4ccc1c2c43. The van der Waals surface area contributed by atoms with E-state index in [1.54, 1.807) is 14.0 Å². The number of carbonyl (C=O) groups excluding carboxylic acids is 1. The summed E-state index contributed by atoms with van der Waals surface area (Å²) < 4.78 is 5.59. The number of ether oxygens (including phenoxy) is 1.